The number of aromatic hydroxyl groups is 1. The van der Waals surface area contributed by atoms with Crippen LogP contribution in [-0.2, 0) is 17.8 Å². The van der Waals surface area contributed by atoms with E-state index in [4.69, 9.17) is 10.2 Å². The van der Waals surface area contributed by atoms with E-state index in [1.54, 1.807) is 31.3 Å². The summed E-state index contributed by atoms with van der Waals surface area (Å²) in [5.74, 6) is -2.58. The van der Waals surface area contributed by atoms with Crippen LogP contribution >= 0.6 is 0 Å². The van der Waals surface area contributed by atoms with Gasteiger partial charge in [0.25, 0.3) is 5.91 Å². The molecule has 1 amide bonds. The third-order valence-electron chi connectivity index (χ3n) is 10.1. The van der Waals surface area contributed by atoms with Crippen LogP contribution in [0.5, 0.6) is 5.75 Å². The first-order valence-corrected chi connectivity index (χ1v) is 14.7. The minimum absolute atomic E-state index is 0.110. The number of carbonyl (C=O) groups is 2. The van der Waals surface area contributed by atoms with Gasteiger partial charge in [0.05, 0.1) is 23.4 Å². The minimum Gasteiger partial charge on any atom is -0.511 e. The number of amides is 1. The first-order valence-electron chi connectivity index (χ1n) is 14.7. The molecule has 1 aromatic carbocycles. The van der Waals surface area contributed by atoms with Gasteiger partial charge in [-0.2, -0.15) is 0 Å². The third-order valence-corrected chi connectivity index (χ3v) is 10.1. The fourth-order valence-corrected chi connectivity index (χ4v) is 8.11. The lowest BCUT2D eigenvalue weighted by Crippen LogP contribution is -2.50. The zero-order valence-corrected chi connectivity index (χ0v) is 24.6. The number of nitrogens with zero attached hydrogens (tertiary/aromatic N) is 2. The number of aliphatic hydroxyl groups excluding tert-OH is 2. The molecule has 0 radical (unpaired) electrons. The highest BCUT2D eigenvalue weighted by Gasteiger charge is 2.52. The summed E-state index contributed by atoms with van der Waals surface area (Å²) in [4.78, 5) is 30.7. The topological polar surface area (TPSA) is 140 Å². The van der Waals surface area contributed by atoms with Gasteiger partial charge in [-0.1, -0.05) is 6.58 Å². The van der Waals surface area contributed by atoms with E-state index in [1.165, 1.54) is 6.07 Å². The molecule has 42 heavy (non-hydrogen) atoms. The Bertz CT molecular complexity index is 1560. The maximum atomic E-state index is 14.1. The molecule has 9 nitrogen and oxygen atoms in total. The van der Waals surface area contributed by atoms with Crippen LogP contribution in [-0.4, -0.2) is 69.0 Å². The number of primary amides is 1. The number of fused-ring (bicyclic) bond motifs is 3. The lowest BCUT2D eigenvalue weighted by molar-refractivity contribution is -0.114. The summed E-state index contributed by atoms with van der Waals surface area (Å²) in [6.07, 6.45) is 4.81. The molecule has 9 heteroatoms. The molecule has 6 atom stereocenters. The van der Waals surface area contributed by atoms with Crippen molar-refractivity contribution in [2.45, 2.75) is 64.2 Å². The first-order chi connectivity index (χ1) is 19.9. The summed E-state index contributed by atoms with van der Waals surface area (Å²) < 4.78 is 6.04. The normalized spacial score (nSPS) is 29.6. The van der Waals surface area contributed by atoms with Crippen LogP contribution in [0.15, 0.2) is 63.7 Å². The summed E-state index contributed by atoms with van der Waals surface area (Å²) in [5, 5.41) is 33.7. The molecule has 2 heterocycles. The number of likely N-dealkylation sites (tertiary alicyclic amines) is 1. The Morgan fingerprint density at radius 1 is 1.12 bits per heavy atom. The molecule has 222 valence electrons. The highest BCUT2D eigenvalue weighted by atomic mass is 16.3. The van der Waals surface area contributed by atoms with Gasteiger partial charge in [0.1, 0.15) is 23.0 Å². The molecular weight excluding hydrogens is 534 g/mol. The van der Waals surface area contributed by atoms with Gasteiger partial charge in [0.2, 0.25) is 0 Å². The maximum Gasteiger partial charge on any atom is 0.252 e. The Hall–Kier alpha value is -3.82. The smallest absolute Gasteiger partial charge is 0.252 e. The van der Waals surface area contributed by atoms with Crippen LogP contribution in [0.1, 0.15) is 54.6 Å². The first kappa shape index (κ1) is 28.3. The molecule has 3 aliphatic carbocycles. The van der Waals surface area contributed by atoms with Crippen molar-refractivity contribution in [3.63, 3.8) is 0 Å². The number of likely N-dealkylation sites (N-methyl/N-ethyl adjacent to an activating group) is 1. The summed E-state index contributed by atoms with van der Waals surface area (Å²) >= 11 is 0. The van der Waals surface area contributed by atoms with Crippen molar-refractivity contribution in [3.05, 3.63) is 76.0 Å². The highest BCUT2D eigenvalue weighted by molar-refractivity contribution is 6.14. The average Bonchev–Trinajstić information content (AvgIpc) is 3.50. The zero-order chi connectivity index (χ0) is 30.2. The van der Waals surface area contributed by atoms with E-state index in [2.05, 4.69) is 25.3 Å². The van der Waals surface area contributed by atoms with Crippen LogP contribution < -0.4 is 5.73 Å². The van der Waals surface area contributed by atoms with Crippen LogP contribution in [0, 0.1) is 17.8 Å². The van der Waals surface area contributed by atoms with E-state index in [0.717, 1.165) is 30.5 Å². The number of rotatable bonds is 5. The Morgan fingerprint density at radius 3 is 2.45 bits per heavy atom. The van der Waals surface area contributed by atoms with Crippen molar-refractivity contribution in [1.82, 2.24) is 9.80 Å². The van der Waals surface area contributed by atoms with Crippen LogP contribution in [0.4, 0.5) is 0 Å². The van der Waals surface area contributed by atoms with Gasteiger partial charge in [-0.15, -0.1) is 0 Å². The second-order valence-electron chi connectivity index (χ2n) is 12.7. The number of benzene rings is 1. The molecule has 0 bridgehead atoms. The maximum absolute atomic E-state index is 14.1. The molecule has 1 aromatic heterocycles. The summed E-state index contributed by atoms with van der Waals surface area (Å²) in [5.41, 5.74) is 8.56. The second-order valence-corrected chi connectivity index (χ2v) is 12.7. The SMILES string of the molecule is C=C1C(C(N)=O)=C(O)[C@@H](N(C)C)C2CC3Cc4c(-c5occc5CN5[C@H](C)CC[C@H]5C)ccc(O)c4C(=O)C3=C(O)C12. The van der Waals surface area contributed by atoms with Crippen LogP contribution in [0.25, 0.3) is 11.3 Å². The molecule has 0 spiro atoms. The van der Waals surface area contributed by atoms with E-state index in [9.17, 15) is 24.9 Å². The monoisotopic (exact) mass is 573 g/mol. The van der Waals surface area contributed by atoms with Gasteiger partial charge < -0.3 is 25.5 Å². The second kappa shape index (κ2) is 10.2. The van der Waals surface area contributed by atoms with Crippen molar-refractivity contribution in [2.24, 2.45) is 23.5 Å². The van der Waals surface area contributed by atoms with E-state index in [1.807, 2.05) is 6.07 Å². The lowest BCUT2D eigenvalue weighted by atomic mass is 9.60. The van der Waals surface area contributed by atoms with E-state index < -0.39 is 23.7 Å². The predicted octanol–water partition coefficient (Wildman–Crippen LogP) is 4.63. The van der Waals surface area contributed by atoms with Crippen molar-refractivity contribution < 1.29 is 29.3 Å². The zero-order valence-electron chi connectivity index (χ0n) is 24.6. The number of hydrogen-bond acceptors (Lipinski definition) is 8. The number of ketones is 1. The number of phenolic OH excluding ortho intramolecular Hbond substituents is 1. The molecule has 4 aliphatic rings. The van der Waals surface area contributed by atoms with E-state index in [0.29, 0.717) is 36.2 Å². The minimum atomic E-state index is -0.836. The number of Topliss-reactive ketones (excluding diaryl/α,β-unsaturated/α-hetero) is 1. The molecule has 3 unspecified atom stereocenters. The Balaban J connectivity index is 1.44. The third kappa shape index (κ3) is 4.13. The summed E-state index contributed by atoms with van der Waals surface area (Å²) in [6.45, 7) is 9.22. The summed E-state index contributed by atoms with van der Waals surface area (Å²) in [7, 11) is 3.58. The van der Waals surface area contributed by atoms with Gasteiger partial charge in [0, 0.05) is 41.2 Å². The van der Waals surface area contributed by atoms with Gasteiger partial charge in [-0.3, -0.25) is 19.4 Å². The van der Waals surface area contributed by atoms with Crippen molar-refractivity contribution in [2.75, 3.05) is 14.1 Å². The van der Waals surface area contributed by atoms with Crippen LogP contribution in [0.3, 0.4) is 0 Å². The van der Waals surface area contributed by atoms with Gasteiger partial charge in [-0.25, -0.2) is 0 Å². The van der Waals surface area contributed by atoms with Gasteiger partial charge in [-0.05, 0) is 94.8 Å². The van der Waals surface area contributed by atoms with Gasteiger partial charge in [0.15, 0.2) is 5.78 Å². The number of aliphatic hydroxyl groups is 2. The molecule has 1 saturated heterocycles. The number of furan rings is 1. The number of hydrogen-bond donors (Lipinski definition) is 4. The average molecular weight is 574 g/mol. The van der Waals surface area contributed by atoms with Gasteiger partial charge >= 0.3 is 0 Å². The van der Waals surface area contributed by atoms with Crippen molar-refractivity contribution in [1.29, 1.82) is 0 Å². The Morgan fingerprint density at radius 2 is 1.81 bits per heavy atom. The Kier molecular flexibility index (Phi) is 6.85. The fourth-order valence-electron chi connectivity index (χ4n) is 8.11. The standard InChI is InChI=1S/C33H39N3O6/c1-15-6-7-16(2)36(15)14-18-10-11-42-32(18)20-8-9-23(37)27-21(20)12-19-13-22-24(29(38)26(19)30(27)39)17(3)25(33(34)41)31(40)28(22)35(4)5/h8-11,15-16,19,22,24,28,37-38,40H,3,6-7,12-14H2,1-2,4-5H3,(H2,34,41)/t15-,16-,19?,22?,24?,28+/m1/s1. The van der Waals surface area contributed by atoms with Crippen molar-refractivity contribution in [3.8, 4) is 17.1 Å². The molecule has 2 aromatic rings. The number of allylic oxidation sites excluding steroid dienone is 2. The molecule has 1 fully saturated rings. The number of nitrogens with two attached hydrogens (primary N) is 1. The largest absolute Gasteiger partial charge is 0.511 e. The molecule has 0 saturated carbocycles. The fraction of sp³-hybridized carbons (Fsp3) is 0.455. The predicted molar refractivity (Wildman–Crippen MR) is 158 cm³/mol. The molecule has 5 N–H and O–H groups in total. The molecular formula is C33H39N3O6. The molecule has 1 aliphatic heterocycles. The van der Waals surface area contributed by atoms with E-state index in [-0.39, 0.29) is 51.4 Å². The summed E-state index contributed by atoms with van der Waals surface area (Å²) in [6, 6.07) is 5.60. The Labute approximate surface area is 245 Å². The number of phenols is 1. The molecule has 6 rings (SSSR count). The lowest BCUT2D eigenvalue weighted by Gasteiger charge is -2.47. The van der Waals surface area contributed by atoms with Crippen molar-refractivity contribution >= 4 is 11.7 Å². The van der Waals surface area contributed by atoms with Crippen LogP contribution in [0.2, 0.25) is 0 Å². The number of carbonyl (C=O) groups excluding carboxylic acids is 2. The van der Waals surface area contributed by atoms with E-state index >= 15 is 0 Å². The quantitative estimate of drug-likeness (QED) is 0.406. The highest BCUT2D eigenvalue weighted by Crippen LogP contribution is 2.53.